The number of unbranched alkanes of at least 4 members (excludes halogenated alkanes) is 15. The summed E-state index contributed by atoms with van der Waals surface area (Å²) in [6.07, 6.45) is 23.2. The highest BCUT2D eigenvalue weighted by Crippen LogP contribution is 2.43. The van der Waals surface area contributed by atoms with Gasteiger partial charge in [0.2, 0.25) is 0 Å². The van der Waals surface area contributed by atoms with Gasteiger partial charge in [0.1, 0.15) is 5.75 Å². The molecule has 0 spiro atoms. The van der Waals surface area contributed by atoms with Gasteiger partial charge >= 0.3 is 5.97 Å². The Labute approximate surface area is 236 Å². The third-order valence-electron chi connectivity index (χ3n) is 7.95. The Morgan fingerprint density at radius 3 is 1.45 bits per heavy atom. The van der Waals surface area contributed by atoms with Crippen LogP contribution in [0.3, 0.4) is 0 Å². The van der Waals surface area contributed by atoms with Crippen LogP contribution in [0.1, 0.15) is 180 Å². The van der Waals surface area contributed by atoms with E-state index in [0.29, 0.717) is 12.2 Å². The molecule has 38 heavy (non-hydrogen) atoms. The van der Waals surface area contributed by atoms with Crippen molar-refractivity contribution >= 4 is 5.97 Å². The van der Waals surface area contributed by atoms with Crippen molar-refractivity contribution < 1.29 is 15.0 Å². The van der Waals surface area contributed by atoms with E-state index in [-0.39, 0.29) is 17.3 Å². The van der Waals surface area contributed by atoms with E-state index in [2.05, 4.69) is 54.5 Å². The van der Waals surface area contributed by atoms with Crippen molar-refractivity contribution in [1.29, 1.82) is 0 Å². The molecule has 2 N–H and O–H groups in total. The number of benzene rings is 1. The molecule has 0 aliphatic heterocycles. The summed E-state index contributed by atoms with van der Waals surface area (Å²) in [4.78, 5) is 11.4. The van der Waals surface area contributed by atoms with E-state index in [0.717, 1.165) is 29.5 Å². The van der Waals surface area contributed by atoms with Crippen LogP contribution >= 0.6 is 0 Å². The van der Waals surface area contributed by atoms with Crippen LogP contribution in [0.5, 0.6) is 5.75 Å². The standard InChI is InChI=1S/C35H62O3/c1-8-9-10-11-12-13-14-15-16-17-18-19-20-21-22-23-24-29-28(25-26-31(36)37)27-30(34(2,3)4)33(38)32(29)35(5,6)7/h27,38H,8-26H2,1-7H3,(H,36,37). The van der Waals surface area contributed by atoms with E-state index in [1.54, 1.807) is 0 Å². The molecule has 0 bridgehead atoms. The zero-order valence-electron chi connectivity index (χ0n) is 26.3. The summed E-state index contributed by atoms with van der Waals surface area (Å²) in [6.45, 7) is 15.1. The van der Waals surface area contributed by atoms with Crippen LogP contribution in [0, 0.1) is 0 Å². The molecule has 0 saturated heterocycles. The summed E-state index contributed by atoms with van der Waals surface area (Å²) in [7, 11) is 0. The number of phenols is 1. The SMILES string of the molecule is CCCCCCCCCCCCCCCCCCc1c(CCC(=O)O)cc(C(C)(C)C)c(O)c1C(C)(C)C. The molecule has 0 aromatic heterocycles. The lowest BCUT2D eigenvalue weighted by atomic mass is 9.74. The number of phenolic OH excluding ortho intramolecular Hbond substituents is 1. The molecular weight excluding hydrogens is 468 g/mol. The molecule has 1 rings (SSSR count). The molecular formula is C35H62O3. The maximum absolute atomic E-state index is 11.4. The Bertz CT molecular complexity index is 795. The number of aromatic hydroxyl groups is 1. The molecule has 0 aliphatic rings. The van der Waals surface area contributed by atoms with Crippen LogP contribution in [0.15, 0.2) is 6.07 Å². The lowest BCUT2D eigenvalue weighted by molar-refractivity contribution is -0.136. The Morgan fingerprint density at radius 1 is 0.658 bits per heavy atom. The third-order valence-corrected chi connectivity index (χ3v) is 7.95. The van der Waals surface area contributed by atoms with Crippen molar-refractivity contribution in [2.24, 2.45) is 0 Å². The molecule has 3 nitrogen and oxygen atoms in total. The van der Waals surface area contributed by atoms with Crippen LogP contribution in [0.4, 0.5) is 0 Å². The molecule has 3 heteroatoms. The minimum atomic E-state index is -0.763. The molecule has 0 atom stereocenters. The van der Waals surface area contributed by atoms with Crippen LogP contribution in [-0.2, 0) is 28.5 Å². The van der Waals surface area contributed by atoms with E-state index in [4.69, 9.17) is 0 Å². The van der Waals surface area contributed by atoms with Gasteiger partial charge in [-0.3, -0.25) is 4.79 Å². The summed E-state index contributed by atoms with van der Waals surface area (Å²) < 4.78 is 0. The van der Waals surface area contributed by atoms with Gasteiger partial charge in [-0.15, -0.1) is 0 Å². The molecule has 0 heterocycles. The minimum Gasteiger partial charge on any atom is -0.507 e. The second-order valence-corrected chi connectivity index (χ2v) is 13.7. The van der Waals surface area contributed by atoms with Crippen LogP contribution in [-0.4, -0.2) is 16.2 Å². The van der Waals surface area contributed by atoms with Crippen molar-refractivity contribution in [3.8, 4) is 5.75 Å². The first-order valence-corrected chi connectivity index (χ1v) is 16.0. The van der Waals surface area contributed by atoms with E-state index in [9.17, 15) is 15.0 Å². The number of carbonyl (C=O) groups is 1. The van der Waals surface area contributed by atoms with Crippen molar-refractivity contribution in [3.05, 3.63) is 28.3 Å². The average molecular weight is 531 g/mol. The Hall–Kier alpha value is -1.51. The van der Waals surface area contributed by atoms with Gasteiger partial charge in [0.25, 0.3) is 0 Å². The monoisotopic (exact) mass is 530 g/mol. The van der Waals surface area contributed by atoms with Gasteiger partial charge in [-0.05, 0) is 46.8 Å². The molecule has 0 fully saturated rings. The van der Waals surface area contributed by atoms with Gasteiger partial charge in [-0.25, -0.2) is 0 Å². The molecule has 0 saturated carbocycles. The predicted octanol–water partition coefficient (Wildman–Crippen LogP) is 10.8. The van der Waals surface area contributed by atoms with Crippen LogP contribution in [0.2, 0.25) is 0 Å². The van der Waals surface area contributed by atoms with Crippen molar-refractivity contribution in [1.82, 2.24) is 0 Å². The first kappa shape index (κ1) is 34.5. The van der Waals surface area contributed by atoms with E-state index < -0.39 is 5.97 Å². The molecule has 1 aromatic rings. The Balaban J connectivity index is 2.52. The number of aryl methyl sites for hydroxylation is 1. The van der Waals surface area contributed by atoms with Gasteiger partial charge in [0.15, 0.2) is 0 Å². The van der Waals surface area contributed by atoms with Crippen LogP contribution in [0.25, 0.3) is 0 Å². The van der Waals surface area contributed by atoms with Gasteiger partial charge in [-0.2, -0.15) is 0 Å². The quantitative estimate of drug-likeness (QED) is 0.165. The third kappa shape index (κ3) is 13.5. The fraction of sp³-hybridized carbons (Fsp3) is 0.800. The van der Waals surface area contributed by atoms with Crippen molar-refractivity contribution in [2.75, 3.05) is 0 Å². The highest BCUT2D eigenvalue weighted by Gasteiger charge is 2.30. The summed E-state index contributed by atoms with van der Waals surface area (Å²) in [6, 6.07) is 2.09. The largest absolute Gasteiger partial charge is 0.507 e. The fourth-order valence-electron chi connectivity index (χ4n) is 5.75. The van der Waals surface area contributed by atoms with E-state index >= 15 is 0 Å². The maximum Gasteiger partial charge on any atom is 0.303 e. The molecule has 0 aliphatic carbocycles. The molecule has 220 valence electrons. The summed E-state index contributed by atoms with van der Waals surface area (Å²) >= 11 is 0. The molecule has 0 radical (unpaired) electrons. The Morgan fingerprint density at radius 2 is 1.08 bits per heavy atom. The maximum atomic E-state index is 11.4. The normalized spacial score (nSPS) is 12.3. The summed E-state index contributed by atoms with van der Waals surface area (Å²) in [5.41, 5.74) is 3.85. The zero-order chi connectivity index (χ0) is 28.6. The van der Waals surface area contributed by atoms with Gasteiger partial charge < -0.3 is 10.2 Å². The number of aliphatic carboxylic acids is 1. The van der Waals surface area contributed by atoms with E-state index in [1.165, 1.54) is 102 Å². The fourth-order valence-corrected chi connectivity index (χ4v) is 5.75. The number of rotatable bonds is 20. The first-order valence-electron chi connectivity index (χ1n) is 16.0. The van der Waals surface area contributed by atoms with Crippen molar-refractivity contribution in [3.63, 3.8) is 0 Å². The molecule has 1 aromatic carbocycles. The molecule has 0 unspecified atom stereocenters. The van der Waals surface area contributed by atoms with Gasteiger partial charge in [-0.1, -0.05) is 151 Å². The highest BCUT2D eigenvalue weighted by molar-refractivity contribution is 5.67. The van der Waals surface area contributed by atoms with Crippen LogP contribution < -0.4 is 0 Å². The number of hydrogen-bond donors (Lipinski definition) is 2. The Kier molecular flexibility index (Phi) is 16.3. The first-order chi connectivity index (χ1) is 17.9. The van der Waals surface area contributed by atoms with E-state index in [1.807, 2.05) is 0 Å². The number of hydrogen-bond acceptors (Lipinski definition) is 2. The molecule has 0 amide bonds. The predicted molar refractivity (Wildman–Crippen MR) is 165 cm³/mol. The number of carboxylic acids is 1. The second-order valence-electron chi connectivity index (χ2n) is 13.7. The minimum absolute atomic E-state index is 0.129. The van der Waals surface area contributed by atoms with Crippen molar-refractivity contribution in [2.45, 2.75) is 181 Å². The highest BCUT2D eigenvalue weighted by atomic mass is 16.4. The zero-order valence-corrected chi connectivity index (χ0v) is 26.3. The van der Waals surface area contributed by atoms with Gasteiger partial charge in [0.05, 0.1) is 0 Å². The number of carboxylic acid groups (broad SMARTS) is 1. The smallest absolute Gasteiger partial charge is 0.303 e. The topological polar surface area (TPSA) is 57.5 Å². The second kappa shape index (κ2) is 18.0. The summed E-state index contributed by atoms with van der Waals surface area (Å²) in [5.74, 6) is -0.350. The average Bonchev–Trinajstić information content (AvgIpc) is 2.81. The lowest BCUT2D eigenvalue weighted by Crippen LogP contribution is -2.21. The summed E-state index contributed by atoms with van der Waals surface area (Å²) in [5, 5.41) is 20.7. The van der Waals surface area contributed by atoms with Gasteiger partial charge in [0, 0.05) is 12.0 Å². The lowest BCUT2D eigenvalue weighted by Gasteiger charge is -2.31.